The zero-order valence-corrected chi connectivity index (χ0v) is 33.1. The summed E-state index contributed by atoms with van der Waals surface area (Å²) < 4.78 is 12.2. The number of ether oxygens (including phenoxy) is 2. The standard InChI is InChI=1S/C52H32N4O3.Ni/c1-58-35-23-21-33(22-24-35)44-36-19-11-12-20-37(36)47-42-28-27-40(54-42)45(31-13-5-2-6-14-31)38-25-26-39(53-38)46(32-15-7-3-8-16-32)41-29-30-43(55-41)49-51(48(44)50(47)56-49)59-52(57)34-17-9-4-10-18-34;/h2-30H,1H3;/q-2;+2. The van der Waals surface area contributed by atoms with Crippen LogP contribution in [0.3, 0.4) is 0 Å². The molecule has 6 aromatic carbocycles. The van der Waals surface area contributed by atoms with Gasteiger partial charge in [0, 0.05) is 5.56 Å². The first-order chi connectivity index (χ1) is 29.1. The molecule has 7 nitrogen and oxygen atoms in total. The van der Waals surface area contributed by atoms with E-state index in [-0.39, 0.29) is 16.5 Å². The second-order valence-corrected chi connectivity index (χ2v) is 14.4. The van der Waals surface area contributed by atoms with Gasteiger partial charge >= 0.3 is 22.5 Å². The second kappa shape index (κ2) is 15.0. The Labute approximate surface area is 354 Å². The van der Waals surface area contributed by atoms with Crippen LogP contribution in [0, 0.1) is 10.6 Å². The van der Waals surface area contributed by atoms with Gasteiger partial charge in [0.2, 0.25) is 0 Å². The third-order valence-corrected chi connectivity index (χ3v) is 11.0. The Kier molecular flexibility index (Phi) is 9.20. The van der Waals surface area contributed by atoms with E-state index in [9.17, 15) is 4.79 Å². The minimum absolute atomic E-state index is 0. The molecule has 3 aliphatic heterocycles. The first-order valence-electron chi connectivity index (χ1n) is 19.4. The molecule has 0 atom stereocenters. The molecule has 8 heteroatoms. The third kappa shape index (κ3) is 6.08. The first kappa shape index (κ1) is 36.8. The minimum Gasteiger partial charge on any atom is -0.657 e. The number of benzene rings is 6. The molecule has 8 bridgehead atoms. The van der Waals surface area contributed by atoms with E-state index in [1.165, 1.54) is 0 Å². The maximum absolute atomic E-state index is 14.2. The smallest absolute Gasteiger partial charge is 0.657 e. The number of hydrogen-bond donors (Lipinski definition) is 0. The Balaban J connectivity index is 0.00000433. The molecule has 0 radical (unpaired) electrons. The molecule has 0 fully saturated rings. The van der Waals surface area contributed by atoms with Gasteiger partial charge in [-0.2, -0.15) is 0 Å². The Morgan fingerprint density at radius 1 is 0.550 bits per heavy atom. The van der Waals surface area contributed by atoms with Crippen molar-refractivity contribution in [3.8, 4) is 16.9 Å². The second-order valence-electron chi connectivity index (χ2n) is 14.4. The Morgan fingerprint density at radius 3 is 1.90 bits per heavy atom. The fourth-order valence-corrected chi connectivity index (χ4v) is 8.33. The molecule has 3 aliphatic rings. The molecule has 0 unspecified atom stereocenters. The fourth-order valence-electron chi connectivity index (χ4n) is 8.33. The molecule has 288 valence electrons. The first-order valence-corrected chi connectivity index (χ1v) is 19.4. The van der Waals surface area contributed by atoms with Gasteiger partial charge in [0.25, 0.3) is 0 Å². The number of nitrogens with zero attached hydrogens (tertiary/aromatic N) is 4. The van der Waals surface area contributed by atoms with Crippen LogP contribution < -0.4 is 25.4 Å². The van der Waals surface area contributed by atoms with Gasteiger partial charge in [-0.05, 0) is 80.2 Å². The van der Waals surface area contributed by atoms with Crippen molar-refractivity contribution in [2.45, 2.75) is 0 Å². The van der Waals surface area contributed by atoms with Crippen LogP contribution in [0.25, 0.3) is 44.5 Å². The molecule has 0 aliphatic carbocycles. The molecule has 0 N–H and O–H groups in total. The summed E-state index contributed by atoms with van der Waals surface area (Å²) in [5.74, 6) is 0.550. The van der Waals surface area contributed by atoms with E-state index in [0.717, 1.165) is 77.2 Å². The maximum Gasteiger partial charge on any atom is 2.00 e. The van der Waals surface area contributed by atoms with Gasteiger partial charge < -0.3 is 19.4 Å². The average Bonchev–Trinajstić information content (AvgIpc) is 4.13. The number of carbonyl (C=O) groups is 1. The minimum atomic E-state index is -0.501. The number of methoxy groups -OCH3 is 1. The topological polar surface area (TPSA) is 88.5 Å². The molecule has 0 spiro atoms. The van der Waals surface area contributed by atoms with Crippen molar-refractivity contribution in [3.63, 3.8) is 0 Å². The van der Waals surface area contributed by atoms with Crippen LogP contribution in [0.2, 0.25) is 0 Å². The molecule has 2 aromatic heterocycles. The summed E-state index contributed by atoms with van der Waals surface area (Å²) in [5, 5.41) is 4.88. The van der Waals surface area contributed by atoms with Gasteiger partial charge in [0.1, 0.15) is 5.75 Å². The van der Waals surface area contributed by atoms with Crippen LogP contribution in [0.4, 0.5) is 0 Å². The molecular formula is C52H32N4NiO3. The van der Waals surface area contributed by atoms with Gasteiger partial charge in [-0.15, -0.1) is 22.1 Å². The number of aliphatic imine (C=N–C) groups is 1. The zero-order valence-electron chi connectivity index (χ0n) is 32.1. The number of aromatic nitrogens is 2. The Hall–Kier alpha value is -7.54. The van der Waals surface area contributed by atoms with Crippen LogP contribution >= 0.6 is 0 Å². The van der Waals surface area contributed by atoms with Crippen LogP contribution in [0.1, 0.15) is 38.4 Å². The predicted octanol–water partition coefficient (Wildman–Crippen LogP) is 9.01. The van der Waals surface area contributed by atoms with E-state index in [0.29, 0.717) is 39.3 Å². The summed E-state index contributed by atoms with van der Waals surface area (Å²) in [7, 11) is 1.65. The number of fused-ring (bicyclic) bond motifs is 9. The van der Waals surface area contributed by atoms with Crippen LogP contribution in [0.5, 0.6) is 5.75 Å². The average molecular weight is 820 g/mol. The molecule has 0 saturated carbocycles. The van der Waals surface area contributed by atoms with Crippen molar-refractivity contribution in [2.24, 2.45) is 9.98 Å². The van der Waals surface area contributed by atoms with E-state index < -0.39 is 5.97 Å². The Morgan fingerprint density at radius 2 is 1.18 bits per heavy atom. The van der Waals surface area contributed by atoms with Gasteiger partial charge in [-0.3, -0.25) is 0 Å². The van der Waals surface area contributed by atoms with Crippen molar-refractivity contribution >= 4 is 45.1 Å². The SMILES string of the molecule is COc1ccc(-c2c3c4c(c5ccccc25)=c2ccc([n-]2)=C(c2ccccc2)C2=NC(=C(c5ccccc5)c5ccc([n-]5)C(=C3OC(=O)c3ccccc3)N=4)C=C2)cc1.[Ni+2]. The quantitative estimate of drug-likeness (QED) is 0.124. The molecular weight excluding hydrogens is 787 g/mol. The molecule has 60 heavy (non-hydrogen) atoms. The third-order valence-electron chi connectivity index (χ3n) is 11.0. The fraction of sp³-hybridized carbons (Fsp3) is 0.0192. The summed E-state index contributed by atoms with van der Waals surface area (Å²) in [6.07, 6.45) is 4.11. The molecule has 5 heterocycles. The van der Waals surface area contributed by atoms with Crippen LogP contribution in [-0.2, 0) is 21.2 Å². The van der Waals surface area contributed by atoms with E-state index >= 15 is 0 Å². The van der Waals surface area contributed by atoms with Crippen LogP contribution in [-0.4, -0.2) is 18.8 Å². The summed E-state index contributed by atoms with van der Waals surface area (Å²) in [5.41, 5.74) is 9.92. The maximum atomic E-state index is 14.2. The molecule has 0 amide bonds. The summed E-state index contributed by atoms with van der Waals surface area (Å²) in [6.45, 7) is 0. The predicted molar refractivity (Wildman–Crippen MR) is 231 cm³/mol. The van der Waals surface area contributed by atoms with E-state index in [1.807, 2.05) is 115 Å². The van der Waals surface area contributed by atoms with Gasteiger partial charge in [0.15, 0.2) is 5.76 Å². The van der Waals surface area contributed by atoms with Crippen molar-refractivity contribution < 1.29 is 30.8 Å². The molecule has 8 aromatic rings. The number of allylic oxidation sites excluding steroid dienone is 2. The molecule has 11 rings (SSSR count). The van der Waals surface area contributed by atoms with E-state index in [2.05, 4.69) is 48.5 Å². The number of hydrogen-bond acceptors (Lipinski definition) is 5. The number of rotatable bonds is 6. The van der Waals surface area contributed by atoms with E-state index in [1.54, 1.807) is 19.2 Å². The molecule has 0 saturated heterocycles. The van der Waals surface area contributed by atoms with Gasteiger partial charge in [0.05, 0.1) is 40.7 Å². The monoisotopic (exact) mass is 818 g/mol. The van der Waals surface area contributed by atoms with Crippen molar-refractivity contribution in [1.82, 2.24) is 9.97 Å². The van der Waals surface area contributed by atoms with Gasteiger partial charge in [-0.1, -0.05) is 140 Å². The summed E-state index contributed by atoms with van der Waals surface area (Å²) in [6, 6.07) is 53.7. The number of esters is 1. The van der Waals surface area contributed by atoms with Crippen molar-refractivity contribution in [1.29, 1.82) is 0 Å². The summed E-state index contributed by atoms with van der Waals surface area (Å²) in [4.78, 5) is 35.7. The number of carbonyl (C=O) groups excluding carboxylic acids is 1. The Bertz CT molecular complexity index is 3380. The summed E-state index contributed by atoms with van der Waals surface area (Å²) >= 11 is 0. The van der Waals surface area contributed by atoms with Crippen molar-refractivity contribution in [3.05, 3.63) is 237 Å². The normalized spacial score (nSPS) is 13.7. The van der Waals surface area contributed by atoms with Gasteiger partial charge in [-0.25, -0.2) is 14.8 Å². The van der Waals surface area contributed by atoms with E-state index in [4.69, 9.17) is 29.4 Å². The van der Waals surface area contributed by atoms with Crippen molar-refractivity contribution in [2.75, 3.05) is 7.11 Å². The largest absolute Gasteiger partial charge is 2.00 e. The zero-order chi connectivity index (χ0) is 39.5. The van der Waals surface area contributed by atoms with Crippen LogP contribution in [0.15, 0.2) is 192 Å².